The summed E-state index contributed by atoms with van der Waals surface area (Å²) in [4.78, 5) is 38.4. The molecule has 2 saturated heterocycles. The first kappa shape index (κ1) is 17.8. The molecule has 0 bridgehead atoms. The lowest BCUT2D eigenvalue weighted by molar-refractivity contribution is -0.155. The van der Waals surface area contributed by atoms with E-state index in [1.54, 1.807) is 55.0 Å². The average Bonchev–Trinajstić information content (AvgIpc) is 3.10. The van der Waals surface area contributed by atoms with E-state index < -0.39 is 18.1 Å². The Bertz CT molecular complexity index is 704. The molecule has 3 rings (SSSR count). The molecule has 7 heteroatoms. The summed E-state index contributed by atoms with van der Waals surface area (Å²) in [6.45, 7) is 3.53. The highest BCUT2D eigenvalue weighted by molar-refractivity contribution is 8.01. The molecule has 0 saturated carbocycles. The van der Waals surface area contributed by atoms with E-state index in [0.29, 0.717) is 23.5 Å². The number of methoxy groups -OCH3 is 1. The van der Waals surface area contributed by atoms with Crippen LogP contribution in [0.15, 0.2) is 24.3 Å². The second-order valence-electron chi connectivity index (χ2n) is 6.44. The molecule has 134 valence electrons. The molecule has 2 aliphatic heterocycles. The van der Waals surface area contributed by atoms with Crippen molar-refractivity contribution in [3.05, 3.63) is 29.8 Å². The monoisotopic (exact) mass is 363 g/mol. The van der Waals surface area contributed by atoms with Gasteiger partial charge in [0.2, 0.25) is 11.7 Å². The first-order valence-corrected chi connectivity index (χ1v) is 9.19. The van der Waals surface area contributed by atoms with Crippen LogP contribution >= 0.6 is 11.8 Å². The van der Waals surface area contributed by atoms with Crippen molar-refractivity contribution in [2.75, 3.05) is 12.9 Å². The summed E-state index contributed by atoms with van der Waals surface area (Å²) in [6.07, 6.45) is 0.282. The number of ketones is 1. The number of carbonyl (C=O) groups excluding carboxylic acids is 3. The average molecular weight is 363 g/mol. The van der Waals surface area contributed by atoms with Gasteiger partial charge in [-0.1, -0.05) is 0 Å². The zero-order chi connectivity index (χ0) is 18.2. The van der Waals surface area contributed by atoms with Gasteiger partial charge in [-0.3, -0.25) is 9.59 Å². The van der Waals surface area contributed by atoms with Gasteiger partial charge in [-0.25, -0.2) is 4.79 Å². The minimum Gasteiger partial charge on any atom is -0.497 e. The Morgan fingerprint density at radius 1 is 1.32 bits per heavy atom. The highest BCUT2D eigenvalue weighted by Crippen LogP contribution is 2.47. The van der Waals surface area contributed by atoms with Crippen molar-refractivity contribution in [1.82, 2.24) is 4.90 Å². The summed E-state index contributed by atoms with van der Waals surface area (Å²) in [5.41, 5.74) is 0.448. The minimum absolute atomic E-state index is 0.0245. The first-order chi connectivity index (χ1) is 11.9. The van der Waals surface area contributed by atoms with Crippen molar-refractivity contribution in [3.63, 3.8) is 0 Å². The smallest absolute Gasteiger partial charge is 0.330 e. The third-order valence-corrected chi connectivity index (χ3v) is 6.26. The molecule has 1 amide bonds. The Morgan fingerprint density at radius 3 is 2.64 bits per heavy atom. The van der Waals surface area contributed by atoms with Gasteiger partial charge < -0.3 is 14.4 Å². The van der Waals surface area contributed by atoms with Crippen LogP contribution in [0.25, 0.3) is 0 Å². The topological polar surface area (TPSA) is 72.9 Å². The quantitative estimate of drug-likeness (QED) is 0.590. The standard InChI is InChI=1S/C18H21NO5S/c1-11(16(21)12-4-6-13(23-3)7-5-12)24-17(22)14-10-25-18(2)9-8-15(20)19(14)18/h4-7,11,14H,8-10H2,1-3H3/t11-,14+,18-/m0/s1. The molecule has 0 unspecified atom stereocenters. The van der Waals surface area contributed by atoms with Crippen molar-refractivity contribution in [3.8, 4) is 5.75 Å². The summed E-state index contributed by atoms with van der Waals surface area (Å²) in [5, 5.41) is 0. The lowest BCUT2D eigenvalue weighted by atomic mass is 10.1. The number of carbonyl (C=O) groups is 3. The molecule has 2 fully saturated rings. The van der Waals surface area contributed by atoms with Crippen LogP contribution in [0.3, 0.4) is 0 Å². The molecule has 0 aromatic heterocycles. The van der Waals surface area contributed by atoms with Crippen LogP contribution in [0.4, 0.5) is 0 Å². The largest absolute Gasteiger partial charge is 0.497 e. The molecular weight excluding hydrogens is 342 g/mol. The second-order valence-corrected chi connectivity index (χ2v) is 7.94. The van der Waals surface area contributed by atoms with E-state index in [9.17, 15) is 14.4 Å². The Hall–Kier alpha value is -2.02. The maximum absolute atomic E-state index is 12.5. The van der Waals surface area contributed by atoms with Gasteiger partial charge in [0.15, 0.2) is 6.10 Å². The maximum atomic E-state index is 12.5. The minimum atomic E-state index is -0.907. The summed E-state index contributed by atoms with van der Waals surface area (Å²) >= 11 is 1.60. The van der Waals surface area contributed by atoms with Gasteiger partial charge in [0, 0.05) is 17.7 Å². The van der Waals surface area contributed by atoms with E-state index in [2.05, 4.69) is 0 Å². The summed E-state index contributed by atoms with van der Waals surface area (Å²) in [5.74, 6) is 0.336. The molecule has 25 heavy (non-hydrogen) atoms. The number of fused-ring (bicyclic) bond motifs is 1. The van der Waals surface area contributed by atoms with Crippen molar-refractivity contribution in [1.29, 1.82) is 0 Å². The third kappa shape index (κ3) is 3.25. The predicted molar refractivity (Wildman–Crippen MR) is 93.6 cm³/mol. The highest BCUT2D eigenvalue weighted by Gasteiger charge is 2.53. The van der Waals surface area contributed by atoms with Crippen LogP contribution in [0.1, 0.15) is 37.0 Å². The van der Waals surface area contributed by atoms with Gasteiger partial charge in [-0.05, 0) is 44.5 Å². The van der Waals surface area contributed by atoms with E-state index in [1.165, 1.54) is 0 Å². The van der Waals surface area contributed by atoms with Crippen molar-refractivity contribution in [2.45, 2.75) is 43.7 Å². The second kappa shape index (κ2) is 6.71. The fraction of sp³-hybridized carbons (Fsp3) is 0.500. The van der Waals surface area contributed by atoms with Crippen molar-refractivity contribution < 1.29 is 23.9 Å². The van der Waals surface area contributed by atoms with Crippen LogP contribution in [0, 0.1) is 0 Å². The van der Waals surface area contributed by atoms with Crippen LogP contribution < -0.4 is 4.74 Å². The maximum Gasteiger partial charge on any atom is 0.330 e. The molecule has 2 aliphatic rings. The number of rotatable bonds is 5. The number of thioether (sulfide) groups is 1. The summed E-state index contributed by atoms with van der Waals surface area (Å²) in [6, 6.07) is 6.03. The third-order valence-electron chi connectivity index (χ3n) is 4.75. The number of ether oxygens (including phenoxy) is 2. The number of nitrogens with zero attached hydrogens (tertiary/aromatic N) is 1. The number of hydrogen-bond donors (Lipinski definition) is 0. The molecule has 6 nitrogen and oxygen atoms in total. The van der Waals surface area contributed by atoms with Crippen LogP contribution in [0.5, 0.6) is 5.75 Å². The number of hydrogen-bond acceptors (Lipinski definition) is 6. The van der Waals surface area contributed by atoms with Crippen LogP contribution in [0.2, 0.25) is 0 Å². The van der Waals surface area contributed by atoms with Crippen molar-refractivity contribution >= 4 is 29.4 Å². The number of esters is 1. The normalized spacial score (nSPS) is 26.3. The molecule has 3 atom stereocenters. The number of benzene rings is 1. The lowest BCUT2D eigenvalue weighted by Gasteiger charge is -2.29. The van der Waals surface area contributed by atoms with Gasteiger partial charge >= 0.3 is 5.97 Å². The van der Waals surface area contributed by atoms with E-state index in [0.717, 1.165) is 6.42 Å². The molecule has 0 radical (unpaired) electrons. The molecule has 1 aromatic rings. The van der Waals surface area contributed by atoms with E-state index in [1.807, 2.05) is 6.92 Å². The van der Waals surface area contributed by atoms with Crippen molar-refractivity contribution in [2.24, 2.45) is 0 Å². The van der Waals surface area contributed by atoms with E-state index in [-0.39, 0.29) is 16.6 Å². The number of Topliss-reactive ketones (excluding diaryl/α,β-unsaturated/α-hetero) is 1. The Labute approximate surface area is 150 Å². The van der Waals surface area contributed by atoms with Gasteiger partial charge in [0.1, 0.15) is 11.8 Å². The molecule has 2 heterocycles. The van der Waals surface area contributed by atoms with Gasteiger partial charge in [0.25, 0.3) is 0 Å². The first-order valence-electron chi connectivity index (χ1n) is 8.20. The summed E-state index contributed by atoms with van der Waals surface area (Å²) < 4.78 is 10.4. The highest BCUT2D eigenvalue weighted by atomic mass is 32.2. The van der Waals surface area contributed by atoms with Gasteiger partial charge in [-0.15, -0.1) is 11.8 Å². The molecule has 1 aromatic carbocycles. The number of amides is 1. The molecule has 0 N–H and O–H groups in total. The van der Waals surface area contributed by atoms with E-state index >= 15 is 0 Å². The zero-order valence-electron chi connectivity index (χ0n) is 14.5. The Balaban J connectivity index is 1.66. The molecular formula is C18H21NO5S. The van der Waals surface area contributed by atoms with Gasteiger partial charge in [0.05, 0.1) is 12.0 Å². The Kier molecular flexibility index (Phi) is 4.77. The zero-order valence-corrected chi connectivity index (χ0v) is 15.3. The molecule has 0 spiro atoms. The summed E-state index contributed by atoms with van der Waals surface area (Å²) in [7, 11) is 1.55. The fourth-order valence-electron chi connectivity index (χ4n) is 3.29. The molecule has 0 aliphatic carbocycles. The van der Waals surface area contributed by atoms with Gasteiger partial charge in [-0.2, -0.15) is 0 Å². The SMILES string of the molecule is COc1ccc(C(=O)[C@H](C)OC(=O)[C@H]2CS[C@@]3(C)CCC(=O)N23)cc1. The van der Waals surface area contributed by atoms with Crippen LogP contribution in [-0.4, -0.2) is 52.4 Å². The van der Waals surface area contributed by atoms with Crippen LogP contribution in [-0.2, 0) is 14.3 Å². The Morgan fingerprint density at radius 2 is 2.00 bits per heavy atom. The predicted octanol–water partition coefficient (Wildman–Crippen LogP) is 2.26. The lowest BCUT2D eigenvalue weighted by Crippen LogP contribution is -2.47. The fourth-order valence-corrected chi connectivity index (χ4v) is 4.71. The van der Waals surface area contributed by atoms with E-state index in [4.69, 9.17) is 9.47 Å².